The Balaban J connectivity index is 4.08. The normalized spacial score (nSPS) is 13.8. The number of hydrogen-bond acceptors (Lipinski definition) is 8. The molecule has 4 N–H and O–H groups in total. The van der Waals surface area contributed by atoms with E-state index in [0.29, 0.717) is 6.61 Å². The molecule has 0 saturated carbocycles. The van der Waals surface area contributed by atoms with Crippen molar-refractivity contribution in [3.05, 3.63) is 12.2 Å². The molecule has 0 saturated heterocycles. The third-order valence-corrected chi connectivity index (χ3v) is 12.5. The van der Waals surface area contributed by atoms with Gasteiger partial charge in [-0.15, -0.1) is 0 Å². The zero-order valence-corrected chi connectivity index (χ0v) is 40.7. The van der Waals surface area contributed by atoms with Gasteiger partial charge in [0.05, 0.1) is 19.8 Å². The van der Waals surface area contributed by atoms with Crippen LogP contribution in [-0.4, -0.2) is 60.5 Å². The van der Waals surface area contributed by atoms with Crippen LogP contribution in [0.15, 0.2) is 12.2 Å². The van der Waals surface area contributed by atoms with Gasteiger partial charge in [0.25, 0.3) is 0 Å². The first-order valence-electron chi connectivity index (χ1n) is 25.7. The highest BCUT2D eigenvalue weighted by Gasteiger charge is 2.27. The smallest absolute Gasteiger partial charge is 0.472 e. The molecule has 0 radical (unpaired) electrons. The molecule has 0 aromatic heterocycles. The van der Waals surface area contributed by atoms with Crippen molar-refractivity contribution in [1.29, 1.82) is 0 Å². The average molecular weight is 888 g/mol. The number of esters is 1. The standard InChI is InChI=1S/C50H98NO9P/c1-3-5-7-9-11-13-15-17-19-21-22-23-24-25-26-27-28-30-32-34-36-38-40-42-49(52)60-47(45-58-61(55,56)59-46-48(51)50(53)54)44-57-43-41-39-37-35-33-31-29-20-18-16-14-12-10-8-6-4-2/h18,20,47-48H,3-17,19,21-46,51H2,1-2H3,(H,53,54)(H,55,56)/b20-18-. The maximum atomic E-state index is 12.7. The predicted molar refractivity (Wildman–Crippen MR) is 254 cm³/mol. The number of hydrogen-bond donors (Lipinski definition) is 3. The molecular weight excluding hydrogens is 790 g/mol. The molecule has 3 unspecified atom stereocenters. The lowest BCUT2D eigenvalue weighted by atomic mass is 10.0. The molecule has 0 heterocycles. The van der Waals surface area contributed by atoms with Gasteiger partial charge in [0, 0.05) is 13.0 Å². The first-order valence-corrected chi connectivity index (χ1v) is 27.2. The maximum Gasteiger partial charge on any atom is 0.472 e. The van der Waals surface area contributed by atoms with Gasteiger partial charge in [0.15, 0.2) is 0 Å². The summed E-state index contributed by atoms with van der Waals surface area (Å²) in [6, 6.07) is -1.47. The SMILES string of the molecule is CCCCCCCC/C=C\CCCCCCCCOCC(COP(=O)(O)OCC(N)C(=O)O)OC(=O)CCCCCCCCCCCCCCCCCCCCCCCCC. The Labute approximate surface area is 375 Å². The zero-order valence-electron chi connectivity index (χ0n) is 39.8. The van der Waals surface area contributed by atoms with E-state index >= 15 is 0 Å². The van der Waals surface area contributed by atoms with Crippen LogP contribution < -0.4 is 5.73 Å². The molecule has 11 heteroatoms. The van der Waals surface area contributed by atoms with Crippen LogP contribution in [0.4, 0.5) is 0 Å². The Kier molecular flexibility index (Phi) is 45.7. The Morgan fingerprint density at radius 1 is 0.508 bits per heavy atom. The Bertz CT molecular complexity index is 1030. The van der Waals surface area contributed by atoms with Gasteiger partial charge in [-0.05, 0) is 38.5 Å². The van der Waals surface area contributed by atoms with Crippen molar-refractivity contribution in [2.45, 2.75) is 270 Å². The summed E-state index contributed by atoms with van der Waals surface area (Å²) in [6.07, 6.45) is 51.3. The number of phosphoric acid groups is 1. The molecule has 0 aliphatic rings. The molecule has 362 valence electrons. The first kappa shape index (κ1) is 59.7. The number of allylic oxidation sites excluding steroid dienone is 2. The highest BCUT2D eigenvalue weighted by Crippen LogP contribution is 2.43. The monoisotopic (exact) mass is 888 g/mol. The molecular formula is C50H98NO9P. The summed E-state index contributed by atoms with van der Waals surface area (Å²) in [4.78, 5) is 33.7. The van der Waals surface area contributed by atoms with E-state index in [2.05, 4.69) is 26.0 Å². The van der Waals surface area contributed by atoms with Crippen molar-refractivity contribution in [3.8, 4) is 0 Å². The van der Waals surface area contributed by atoms with Crippen molar-refractivity contribution >= 4 is 19.8 Å². The van der Waals surface area contributed by atoms with Crippen LogP contribution in [0.1, 0.15) is 258 Å². The van der Waals surface area contributed by atoms with Crippen LogP contribution in [0.3, 0.4) is 0 Å². The number of unbranched alkanes of at least 4 members (excludes halogenated alkanes) is 34. The molecule has 0 spiro atoms. The summed E-state index contributed by atoms with van der Waals surface area (Å²) < 4.78 is 33.5. The summed E-state index contributed by atoms with van der Waals surface area (Å²) in [7, 11) is -4.62. The lowest BCUT2D eigenvalue weighted by Gasteiger charge is -2.20. The van der Waals surface area contributed by atoms with Crippen molar-refractivity contribution in [3.63, 3.8) is 0 Å². The maximum absolute atomic E-state index is 12.7. The van der Waals surface area contributed by atoms with Gasteiger partial charge in [-0.1, -0.05) is 225 Å². The molecule has 0 aliphatic carbocycles. The number of carbonyl (C=O) groups is 2. The Morgan fingerprint density at radius 3 is 1.25 bits per heavy atom. The van der Waals surface area contributed by atoms with E-state index < -0.39 is 45.1 Å². The number of carboxylic acid groups (broad SMARTS) is 1. The topological polar surface area (TPSA) is 155 Å². The van der Waals surface area contributed by atoms with Crippen molar-refractivity contribution in [1.82, 2.24) is 0 Å². The van der Waals surface area contributed by atoms with Crippen molar-refractivity contribution in [2.24, 2.45) is 5.73 Å². The van der Waals surface area contributed by atoms with Gasteiger partial charge in [-0.2, -0.15) is 0 Å². The molecule has 0 amide bonds. The van der Waals surface area contributed by atoms with Gasteiger partial charge < -0.3 is 25.2 Å². The number of nitrogens with two attached hydrogens (primary N) is 1. The molecule has 10 nitrogen and oxygen atoms in total. The van der Waals surface area contributed by atoms with E-state index in [1.165, 1.54) is 193 Å². The summed E-state index contributed by atoms with van der Waals surface area (Å²) in [6.45, 7) is 3.92. The van der Waals surface area contributed by atoms with E-state index in [9.17, 15) is 19.0 Å². The van der Waals surface area contributed by atoms with Gasteiger partial charge in [0.1, 0.15) is 12.1 Å². The zero-order chi connectivity index (χ0) is 44.8. The van der Waals surface area contributed by atoms with E-state index in [-0.39, 0.29) is 13.0 Å². The van der Waals surface area contributed by atoms with E-state index in [0.717, 1.165) is 44.9 Å². The summed E-state index contributed by atoms with van der Waals surface area (Å²) in [5.74, 6) is -1.77. The quantitative estimate of drug-likeness (QED) is 0.0233. The third-order valence-electron chi connectivity index (χ3n) is 11.5. The molecule has 0 aromatic carbocycles. The number of ether oxygens (including phenoxy) is 2. The minimum Gasteiger partial charge on any atom is -0.480 e. The van der Waals surface area contributed by atoms with Crippen molar-refractivity contribution in [2.75, 3.05) is 26.4 Å². The number of aliphatic carboxylic acids is 1. The fraction of sp³-hybridized carbons (Fsp3) is 0.920. The van der Waals surface area contributed by atoms with Crippen molar-refractivity contribution < 1.29 is 42.7 Å². The van der Waals surface area contributed by atoms with Crippen LogP contribution >= 0.6 is 7.82 Å². The number of carboxylic acids is 1. The lowest BCUT2D eigenvalue weighted by molar-refractivity contribution is -0.154. The van der Waals surface area contributed by atoms with E-state index in [1.807, 2.05) is 0 Å². The fourth-order valence-electron chi connectivity index (χ4n) is 7.54. The molecule has 0 fully saturated rings. The second kappa shape index (κ2) is 46.7. The largest absolute Gasteiger partial charge is 0.480 e. The molecule has 0 bridgehead atoms. The van der Waals surface area contributed by atoms with Crippen LogP contribution in [0.5, 0.6) is 0 Å². The third kappa shape index (κ3) is 46.5. The molecule has 0 aromatic rings. The number of phosphoric ester groups is 1. The van der Waals surface area contributed by atoms with Crippen LogP contribution in [0.2, 0.25) is 0 Å². The fourth-order valence-corrected chi connectivity index (χ4v) is 8.32. The second-order valence-electron chi connectivity index (χ2n) is 17.7. The number of carbonyl (C=O) groups excluding carboxylic acids is 1. The molecule has 0 aliphatic heterocycles. The lowest BCUT2D eigenvalue weighted by Crippen LogP contribution is -2.34. The number of rotatable bonds is 50. The summed E-state index contributed by atoms with van der Waals surface area (Å²) >= 11 is 0. The van der Waals surface area contributed by atoms with Gasteiger partial charge >= 0.3 is 19.8 Å². The van der Waals surface area contributed by atoms with Gasteiger partial charge in [0.2, 0.25) is 0 Å². The Hall–Kier alpha value is -1.29. The molecule has 61 heavy (non-hydrogen) atoms. The molecule has 3 atom stereocenters. The minimum atomic E-state index is -4.62. The van der Waals surface area contributed by atoms with Crippen LogP contribution in [0.25, 0.3) is 0 Å². The summed E-state index contributed by atoms with van der Waals surface area (Å²) in [5, 5.41) is 8.92. The van der Waals surface area contributed by atoms with Crippen LogP contribution in [0, 0.1) is 0 Å². The van der Waals surface area contributed by atoms with Crippen LogP contribution in [-0.2, 0) is 32.7 Å². The van der Waals surface area contributed by atoms with Gasteiger partial charge in [-0.3, -0.25) is 18.6 Å². The Morgan fingerprint density at radius 2 is 0.852 bits per heavy atom. The molecule has 0 rings (SSSR count). The minimum absolute atomic E-state index is 0.0187. The first-order chi connectivity index (χ1) is 29.7. The predicted octanol–water partition coefficient (Wildman–Crippen LogP) is 14.9. The summed E-state index contributed by atoms with van der Waals surface area (Å²) in [5.41, 5.74) is 5.37. The van der Waals surface area contributed by atoms with Gasteiger partial charge in [-0.25, -0.2) is 4.57 Å². The highest BCUT2D eigenvalue weighted by molar-refractivity contribution is 7.47. The van der Waals surface area contributed by atoms with E-state index in [4.69, 9.17) is 29.4 Å². The average Bonchev–Trinajstić information content (AvgIpc) is 3.24. The van der Waals surface area contributed by atoms with E-state index in [1.54, 1.807) is 0 Å². The second-order valence-corrected chi connectivity index (χ2v) is 19.1. The highest BCUT2D eigenvalue weighted by atomic mass is 31.2.